The Bertz CT molecular complexity index is 1490. The second-order valence-electron chi connectivity index (χ2n) is 8.80. The zero-order valence-electron chi connectivity index (χ0n) is 19.1. The normalized spacial score (nSPS) is 14.1. The number of anilines is 1. The molecule has 0 saturated carbocycles. The highest BCUT2D eigenvalue weighted by atomic mass is 32.2. The Labute approximate surface area is 199 Å². The zero-order chi connectivity index (χ0) is 23.9. The number of hydrogen-bond acceptors (Lipinski definition) is 4. The lowest BCUT2D eigenvalue weighted by atomic mass is 10.0. The van der Waals surface area contributed by atoms with Crippen molar-refractivity contribution in [2.75, 3.05) is 5.32 Å². The number of carbonyl (C=O) groups excluding carboxylic acids is 1. The highest BCUT2D eigenvalue weighted by Gasteiger charge is 2.33. The van der Waals surface area contributed by atoms with E-state index in [2.05, 4.69) is 10.4 Å². The Hall–Kier alpha value is -3.71. The summed E-state index contributed by atoms with van der Waals surface area (Å²) in [6.45, 7) is 3.99. The molecule has 6 nitrogen and oxygen atoms in total. The van der Waals surface area contributed by atoms with E-state index in [1.807, 2.05) is 86.6 Å². The van der Waals surface area contributed by atoms with Crippen LogP contribution in [0.3, 0.4) is 0 Å². The molecule has 0 fully saturated rings. The van der Waals surface area contributed by atoms with Gasteiger partial charge in [0, 0.05) is 5.56 Å². The van der Waals surface area contributed by atoms with E-state index >= 15 is 0 Å². The lowest BCUT2D eigenvalue weighted by molar-refractivity contribution is -0.115. The van der Waals surface area contributed by atoms with Crippen molar-refractivity contribution in [3.05, 3.63) is 101 Å². The summed E-state index contributed by atoms with van der Waals surface area (Å²) in [5, 5.41) is 7.54. The Balaban J connectivity index is 1.42. The highest BCUT2D eigenvalue weighted by Crippen LogP contribution is 2.34. The number of carbonyl (C=O) groups is 1. The molecule has 7 heteroatoms. The molecule has 0 radical (unpaired) electrons. The maximum absolute atomic E-state index is 13.0. The van der Waals surface area contributed by atoms with Crippen LogP contribution in [0.2, 0.25) is 0 Å². The molecule has 0 aliphatic carbocycles. The van der Waals surface area contributed by atoms with Gasteiger partial charge in [0.25, 0.3) is 0 Å². The van der Waals surface area contributed by atoms with E-state index in [1.165, 1.54) is 0 Å². The summed E-state index contributed by atoms with van der Waals surface area (Å²) in [6, 6.07) is 23.9. The van der Waals surface area contributed by atoms with E-state index in [0.29, 0.717) is 17.1 Å². The molecule has 5 rings (SSSR count). The van der Waals surface area contributed by atoms with Crippen LogP contribution < -0.4 is 5.32 Å². The average molecular weight is 472 g/mol. The number of benzene rings is 3. The molecule has 0 bridgehead atoms. The van der Waals surface area contributed by atoms with Gasteiger partial charge >= 0.3 is 0 Å². The van der Waals surface area contributed by atoms with Crippen LogP contribution in [-0.2, 0) is 32.6 Å². The van der Waals surface area contributed by atoms with Crippen LogP contribution in [0.25, 0.3) is 16.8 Å². The molecule has 0 unspecified atom stereocenters. The Morgan fingerprint density at radius 3 is 2.35 bits per heavy atom. The third-order valence-corrected chi connectivity index (χ3v) is 7.49. The lowest BCUT2D eigenvalue weighted by Crippen LogP contribution is -2.19. The molecule has 2 heterocycles. The molecular weight excluding hydrogens is 446 g/mol. The minimum atomic E-state index is -3.25. The first-order valence-corrected chi connectivity index (χ1v) is 12.9. The summed E-state index contributed by atoms with van der Waals surface area (Å²) >= 11 is 0. The van der Waals surface area contributed by atoms with E-state index in [1.54, 1.807) is 4.68 Å². The van der Waals surface area contributed by atoms with E-state index in [4.69, 9.17) is 0 Å². The molecule has 4 aromatic rings. The summed E-state index contributed by atoms with van der Waals surface area (Å²) in [5.41, 5.74) is 7.09. The summed E-state index contributed by atoms with van der Waals surface area (Å²) in [6.07, 6.45) is 0.175. The predicted molar refractivity (Wildman–Crippen MR) is 134 cm³/mol. The zero-order valence-corrected chi connectivity index (χ0v) is 19.9. The number of nitrogens with one attached hydrogen (secondary N) is 1. The first-order valence-electron chi connectivity index (χ1n) is 11.1. The minimum Gasteiger partial charge on any atom is -0.310 e. The standard InChI is InChI=1S/C27H25N3O3S/c1-18-8-13-25(19(2)14-18)30-27(23-16-34(32,33)17-24(23)29-30)28-26(31)15-20-9-11-22(12-10-20)21-6-4-3-5-7-21/h3-14H,15-17H2,1-2H3,(H,28,31). The van der Waals surface area contributed by atoms with Gasteiger partial charge in [0.15, 0.2) is 9.84 Å². The number of sulfone groups is 1. The van der Waals surface area contributed by atoms with Crippen molar-refractivity contribution in [2.24, 2.45) is 0 Å². The van der Waals surface area contributed by atoms with E-state index < -0.39 is 9.84 Å². The van der Waals surface area contributed by atoms with Crippen LogP contribution in [0.4, 0.5) is 5.82 Å². The van der Waals surface area contributed by atoms with E-state index in [9.17, 15) is 13.2 Å². The maximum Gasteiger partial charge on any atom is 0.229 e. The van der Waals surface area contributed by atoms with Crippen LogP contribution >= 0.6 is 0 Å². The lowest BCUT2D eigenvalue weighted by Gasteiger charge is -2.14. The van der Waals surface area contributed by atoms with Gasteiger partial charge in [-0.05, 0) is 42.2 Å². The molecular formula is C27H25N3O3S. The van der Waals surface area contributed by atoms with Gasteiger partial charge in [0.1, 0.15) is 5.82 Å². The van der Waals surface area contributed by atoms with Gasteiger partial charge in [-0.3, -0.25) is 4.79 Å². The number of rotatable bonds is 5. The third-order valence-electron chi connectivity index (χ3n) is 6.05. The van der Waals surface area contributed by atoms with Crippen LogP contribution in [0.15, 0.2) is 72.8 Å². The minimum absolute atomic E-state index is 0.107. The number of amides is 1. The fourth-order valence-corrected chi connectivity index (χ4v) is 5.89. The number of aryl methyl sites for hydroxylation is 2. The molecule has 1 N–H and O–H groups in total. The van der Waals surface area contributed by atoms with Crippen LogP contribution in [0, 0.1) is 13.8 Å². The second-order valence-corrected chi connectivity index (χ2v) is 10.9. The summed E-state index contributed by atoms with van der Waals surface area (Å²) in [7, 11) is -3.25. The monoisotopic (exact) mass is 471 g/mol. The van der Waals surface area contributed by atoms with Gasteiger partial charge in [0.05, 0.1) is 29.3 Å². The van der Waals surface area contributed by atoms with Crippen LogP contribution in [0.1, 0.15) is 27.9 Å². The smallest absolute Gasteiger partial charge is 0.229 e. The molecule has 1 aromatic heterocycles. The van der Waals surface area contributed by atoms with E-state index in [0.717, 1.165) is 33.5 Å². The third kappa shape index (κ3) is 4.39. The summed E-state index contributed by atoms with van der Waals surface area (Å²) < 4.78 is 26.1. The van der Waals surface area contributed by atoms with Crippen molar-refractivity contribution in [3.63, 3.8) is 0 Å². The van der Waals surface area contributed by atoms with Gasteiger partial charge in [-0.2, -0.15) is 5.10 Å². The summed E-state index contributed by atoms with van der Waals surface area (Å²) in [4.78, 5) is 13.0. The van der Waals surface area contributed by atoms with Crippen molar-refractivity contribution >= 4 is 21.6 Å². The topological polar surface area (TPSA) is 81.1 Å². The molecule has 3 aromatic carbocycles. The van der Waals surface area contributed by atoms with Gasteiger partial charge in [-0.25, -0.2) is 13.1 Å². The number of hydrogen-bond donors (Lipinski definition) is 1. The Kier molecular flexibility index (Phi) is 5.57. The van der Waals surface area contributed by atoms with Crippen molar-refractivity contribution in [3.8, 4) is 16.8 Å². The maximum atomic E-state index is 13.0. The number of fused-ring (bicyclic) bond motifs is 1. The Morgan fingerprint density at radius 2 is 1.65 bits per heavy atom. The molecule has 1 amide bonds. The SMILES string of the molecule is Cc1ccc(-n2nc3c(c2NC(=O)Cc2ccc(-c4ccccc4)cc2)CS(=O)(=O)C3)c(C)c1. The van der Waals surface area contributed by atoms with Crippen molar-refractivity contribution in [2.45, 2.75) is 31.8 Å². The molecule has 0 saturated heterocycles. The average Bonchev–Trinajstić information content (AvgIpc) is 3.27. The largest absolute Gasteiger partial charge is 0.310 e. The van der Waals surface area contributed by atoms with Crippen LogP contribution in [-0.4, -0.2) is 24.1 Å². The first-order chi connectivity index (χ1) is 16.3. The molecule has 172 valence electrons. The number of aromatic nitrogens is 2. The van der Waals surface area contributed by atoms with Crippen molar-refractivity contribution in [1.82, 2.24) is 9.78 Å². The summed E-state index contributed by atoms with van der Waals surface area (Å²) in [5.74, 6) is -0.00185. The predicted octanol–water partition coefficient (Wildman–Crippen LogP) is 4.77. The molecule has 34 heavy (non-hydrogen) atoms. The van der Waals surface area contributed by atoms with Crippen LogP contribution in [0.5, 0.6) is 0 Å². The van der Waals surface area contributed by atoms with Gasteiger partial charge in [-0.15, -0.1) is 0 Å². The molecule has 1 aliphatic rings. The fourth-order valence-electron chi connectivity index (χ4n) is 4.40. The quantitative estimate of drug-likeness (QED) is 0.455. The molecule has 1 aliphatic heterocycles. The van der Waals surface area contributed by atoms with Crippen molar-refractivity contribution < 1.29 is 13.2 Å². The van der Waals surface area contributed by atoms with Crippen molar-refractivity contribution in [1.29, 1.82) is 0 Å². The first kappa shape index (κ1) is 22.1. The Morgan fingerprint density at radius 1 is 0.941 bits per heavy atom. The van der Waals surface area contributed by atoms with Gasteiger partial charge < -0.3 is 5.32 Å². The molecule has 0 spiro atoms. The van der Waals surface area contributed by atoms with Gasteiger partial charge in [-0.1, -0.05) is 72.3 Å². The number of nitrogens with zero attached hydrogens (tertiary/aromatic N) is 2. The fraction of sp³-hybridized carbons (Fsp3) is 0.185. The van der Waals surface area contributed by atoms with Gasteiger partial charge in [0.2, 0.25) is 5.91 Å². The van der Waals surface area contributed by atoms with E-state index in [-0.39, 0.29) is 23.8 Å². The second kappa shape index (κ2) is 8.57. The molecule has 0 atom stereocenters. The highest BCUT2D eigenvalue weighted by molar-refractivity contribution is 7.90.